The number of carbonyl (C=O) groups is 1. The summed E-state index contributed by atoms with van der Waals surface area (Å²) in [6, 6.07) is 19.5. The van der Waals surface area contributed by atoms with Gasteiger partial charge in [0, 0.05) is 20.0 Å². The van der Waals surface area contributed by atoms with E-state index >= 15 is 0 Å². The number of nitrogens with zero attached hydrogens (tertiary/aromatic N) is 3. The third-order valence-corrected chi connectivity index (χ3v) is 5.85. The van der Waals surface area contributed by atoms with Crippen LogP contribution in [0.15, 0.2) is 66.7 Å². The molecule has 7 heteroatoms. The van der Waals surface area contributed by atoms with Gasteiger partial charge in [-0.2, -0.15) is 0 Å². The lowest BCUT2D eigenvalue weighted by Gasteiger charge is -2.19. The highest BCUT2D eigenvalue weighted by atomic mass is 35.5. The second kappa shape index (κ2) is 9.08. The van der Waals surface area contributed by atoms with E-state index in [1.54, 1.807) is 36.2 Å². The molecule has 3 aromatic carbocycles. The lowest BCUT2D eigenvalue weighted by atomic mass is 10.1. The summed E-state index contributed by atoms with van der Waals surface area (Å²) in [4.78, 5) is 19.4. The maximum atomic E-state index is 13.3. The van der Waals surface area contributed by atoms with Crippen LogP contribution in [0, 0.1) is 5.82 Å². The molecule has 0 unspecified atom stereocenters. The van der Waals surface area contributed by atoms with E-state index in [-0.39, 0.29) is 18.3 Å². The Kier molecular flexibility index (Phi) is 6.25. The van der Waals surface area contributed by atoms with E-state index < -0.39 is 0 Å². The van der Waals surface area contributed by atoms with Crippen molar-refractivity contribution in [3.05, 3.63) is 99.5 Å². The van der Waals surface area contributed by atoms with Crippen molar-refractivity contribution >= 4 is 40.1 Å². The minimum absolute atomic E-state index is 0.0606. The second-order valence-corrected chi connectivity index (χ2v) is 8.22. The molecule has 0 aliphatic carbocycles. The fraction of sp³-hybridized carbons (Fsp3) is 0.167. The van der Waals surface area contributed by atoms with Gasteiger partial charge in [0.2, 0.25) is 5.91 Å². The zero-order valence-electron chi connectivity index (χ0n) is 16.9. The van der Waals surface area contributed by atoms with Crippen LogP contribution in [0.3, 0.4) is 0 Å². The Morgan fingerprint density at radius 3 is 2.39 bits per heavy atom. The number of fused-ring (bicyclic) bond motifs is 1. The van der Waals surface area contributed by atoms with Crippen molar-refractivity contribution in [1.82, 2.24) is 14.5 Å². The standard InChI is InChI=1S/C24H20Cl2FN3O/c1-29(14-17-5-3-2-4-6-17)24(31)15-30-22-13-20(26)19(25)12-21(22)28-23(30)11-16-7-9-18(27)10-8-16/h2-10,12-13H,11,14-15H2,1H3. The van der Waals surface area contributed by atoms with Gasteiger partial charge in [0.05, 0.1) is 21.1 Å². The first kappa shape index (κ1) is 21.3. The highest BCUT2D eigenvalue weighted by Crippen LogP contribution is 2.29. The number of benzene rings is 3. The van der Waals surface area contributed by atoms with Crippen molar-refractivity contribution in [2.75, 3.05) is 7.05 Å². The van der Waals surface area contributed by atoms with Crippen LogP contribution in [0.25, 0.3) is 11.0 Å². The molecule has 1 aromatic heterocycles. The smallest absolute Gasteiger partial charge is 0.242 e. The summed E-state index contributed by atoms with van der Waals surface area (Å²) >= 11 is 12.4. The van der Waals surface area contributed by atoms with E-state index in [1.807, 2.05) is 34.9 Å². The molecule has 4 aromatic rings. The number of aromatic nitrogens is 2. The van der Waals surface area contributed by atoms with Gasteiger partial charge in [-0.05, 0) is 35.4 Å². The summed E-state index contributed by atoms with van der Waals surface area (Å²) in [5.41, 5.74) is 3.33. The number of carbonyl (C=O) groups excluding carboxylic acids is 1. The van der Waals surface area contributed by atoms with Gasteiger partial charge in [0.15, 0.2) is 0 Å². The van der Waals surface area contributed by atoms with Gasteiger partial charge in [0.1, 0.15) is 18.2 Å². The van der Waals surface area contributed by atoms with Gasteiger partial charge in [-0.1, -0.05) is 65.7 Å². The van der Waals surface area contributed by atoms with Gasteiger partial charge < -0.3 is 9.47 Å². The van der Waals surface area contributed by atoms with Gasteiger partial charge in [-0.3, -0.25) is 4.79 Å². The van der Waals surface area contributed by atoms with Crippen LogP contribution in [0.5, 0.6) is 0 Å². The molecule has 0 saturated carbocycles. The first-order valence-corrected chi connectivity index (χ1v) is 10.5. The van der Waals surface area contributed by atoms with Crippen molar-refractivity contribution in [2.45, 2.75) is 19.5 Å². The first-order chi connectivity index (χ1) is 14.9. The SMILES string of the molecule is CN(Cc1ccccc1)C(=O)Cn1c(Cc2ccc(F)cc2)nc2cc(Cl)c(Cl)cc21. The number of rotatable bonds is 6. The van der Waals surface area contributed by atoms with Crippen molar-refractivity contribution in [3.8, 4) is 0 Å². The molecule has 0 fully saturated rings. The van der Waals surface area contributed by atoms with E-state index in [4.69, 9.17) is 23.2 Å². The number of halogens is 3. The third-order valence-electron chi connectivity index (χ3n) is 5.13. The molecule has 0 atom stereocenters. The van der Waals surface area contributed by atoms with Crippen LogP contribution >= 0.6 is 23.2 Å². The molecule has 0 aliphatic rings. The topological polar surface area (TPSA) is 38.1 Å². The van der Waals surface area contributed by atoms with Crippen LogP contribution in [-0.4, -0.2) is 27.4 Å². The average Bonchev–Trinajstić information content (AvgIpc) is 3.06. The van der Waals surface area contributed by atoms with Crippen molar-refractivity contribution in [3.63, 3.8) is 0 Å². The Bertz CT molecular complexity index is 1220. The maximum absolute atomic E-state index is 13.3. The Morgan fingerprint density at radius 1 is 1.00 bits per heavy atom. The van der Waals surface area contributed by atoms with Crippen LogP contribution in [0.2, 0.25) is 10.0 Å². The van der Waals surface area contributed by atoms with Crippen LogP contribution in [-0.2, 0) is 24.3 Å². The van der Waals surface area contributed by atoms with E-state index in [2.05, 4.69) is 4.98 Å². The normalized spacial score (nSPS) is 11.1. The molecule has 0 spiro atoms. The number of hydrogen-bond acceptors (Lipinski definition) is 2. The Balaban J connectivity index is 1.66. The lowest BCUT2D eigenvalue weighted by molar-refractivity contribution is -0.131. The largest absolute Gasteiger partial charge is 0.340 e. The van der Waals surface area contributed by atoms with Gasteiger partial charge >= 0.3 is 0 Å². The fourth-order valence-corrected chi connectivity index (χ4v) is 3.78. The Hall–Kier alpha value is -2.89. The monoisotopic (exact) mass is 455 g/mol. The van der Waals surface area contributed by atoms with Crippen molar-refractivity contribution < 1.29 is 9.18 Å². The third kappa shape index (κ3) is 4.89. The molecule has 0 bridgehead atoms. The predicted molar refractivity (Wildman–Crippen MR) is 122 cm³/mol. The molecule has 0 saturated heterocycles. The first-order valence-electron chi connectivity index (χ1n) is 9.77. The van der Waals surface area contributed by atoms with Crippen LogP contribution in [0.4, 0.5) is 4.39 Å². The molecular formula is C24H20Cl2FN3O. The highest BCUT2D eigenvalue weighted by Gasteiger charge is 2.18. The molecule has 158 valence electrons. The predicted octanol–water partition coefficient (Wildman–Crippen LogP) is 5.73. The summed E-state index contributed by atoms with van der Waals surface area (Å²) in [5.74, 6) is 0.324. The second-order valence-electron chi connectivity index (χ2n) is 7.41. The Labute approximate surface area is 189 Å². The summed E-state index contributed by atoms with van der Waals surface area (Å²) in [6.45, 7) is 0.612. The quantitative estimate of drug-likeness (QED) is 0.372. The maximum Gasteiger partial charge on any atom is 0.242 e. The van der Waals surface area contributed by atoms with Gasteiger partial charge in [-0.25, -0.2) is 9.37 Å². The highest BCUT2D eigenvalue weighted by molar-refractivity contribution is 6.42. The van der Waals surface area contributed by atoms with E-state index in [0.717, 1.165) is 16.6 Å². The zero-order chi connectivity index (χ0) is 22.0. The summed E-state index contributed by atoms with van der Waals surface area (Å²) in [6.07, 6.45) is 0.444. The number of imidazole rings is 1. The molecule has 0 aliphatic heterocycles. The molecular weight excluding hydrogens is 436 g/mol. The number of likely N-dealkylation sites (N-methyl/N-ethyl adjacent to an activating group) is 1. The Morgan fingerprint density at radius 2 is 1.68 bits per heavy atom. The van der Waals surface area contributed by atoms with Crippen LogP contribution < -0.4 is 0 Å². The molecule has 1 heterocycles. The van der Waals surface area contributed by atoms with E-state index in [1.165, 1.54) is 12.1 Å². The van der Waals surface area contributed by atoms with E-state index in [0.29, 0.717) is 34.4 Å². The van der Waals surface area contributed by atoms with Crippen molar-refractivity contribution in [2.24, 2.45) is 0 Å². The molecule has 1 amide bonds. The molecule has 0 radical (unpaired) electrons. The average molecular weight is 456 g/mol. The number of hydrogen-bond donors (Lipinski definition) is 0. The van der Waals surface area contributed by atoms with Gasteiger partial charge in [-0.15, -0.1) is 0 Å². The van der Waals surface area contributed by atoms with E-state index in [9.17, 15) is 9.18 Å². The minimum atomic E-state index is -0.298. The zero-order valence-corrected chi connectivity index (χ0v) is 18.4. The van der Waals surface area contributed by atoms with Gasteiger partial charge in [0.25, 0.3) is 0 Å². The summed E-state index contributed by atoms with van der Waals surface area (Å²) in [5, 5.41) is 0.799. The molecule has 0 N–H and O–H groups in total. The van der Waals surface area contributed by atoms with Crippen molar-refractivity contribution in [1.29, 1.82) is 0 Å². The fourth-order valence-electron chi connectivity index (χ4n) is 3.47. The summed E-state index contributed by atoms with van der Waals surface area (Å²) in [7, 11) is 1.78. The number of amides is 1. The summed E-state index contributed by atoms with van der Waals surface area (Å²) < 4.78 is 15.2. The molecule has 4 nitrogen and oxygen atoms in total. The lowest BCUT2D eigenvalue weighted by Crippen LogP contribution is -2.30. The minimum Gasteiger partial charge on any atom is -0.340 e. The molecule has 4 rings (SSSR count). The van der Waals surface area contributed by atoms with Crippen LogP contribution in [0.1, 0.15) is 17.0 Å². The molecule has 31 heavy (non-hydrogen) atoms.